The van der Waals surface area contributed by atoms with E-state index in [1.165, 1.54) is 16.8 Å². The number of hydrogen-bond donors (Lipinski definition) is 0. The van der Waals surface area contributed by atoms with Crippen LogP contribution in [0.5, 0.6) is 5.75 Å². The second-order valence-electron chi connectivity index (χ2n) is 2.90. The highest BCUT2D eigenvalue weighted by molar-refractivity contribution is 6.28. The molecule has 0 saturated carbocycles. The van der Waals surface area contributed by atoms with Gasteiger partial charge in [0.05, 0.1) is 5.69 Å². The average Bonchev–Trinajstić information content (AvgIpc) is 2.63. The molecular weight excluding hydrogens is 261 g/mol. The molecule has 17 heavy (non-hydrogen) atoms. The van der Waals surface area contributed by atoms with Gasteiger partial charge in [0.25, 0.3) is 0 Å². The predicted octanol–water partition coefficient (Wildman–Crippen LogP) is 2.21. The zero-order valence-electron chi connectivity index (χ0n) is 8.02. The van der Waals surface area contributed by atoms with E-state index in [0.717, 1.165) is 12.1 Å². The normalized spacial score (nSPS) is 11.5. The van der Waals surface area contributed by atoms with Crippen LogP contribution in [0.25, 0.3) is 5.69 Å². The van der Waals surface area contributed by atoms with Gasteiger partial charge in [-0.15, -0.1) is 13.2 Å². The minimum absolute atomic E-state index is 0.00879. The van der Waals surface area contributed by atoms with E-state index < -0.39 is 6.36 Å². The highest BCUT2D eigenvalue weighted by Crippen LogP contribution is 2.23. The Balaban J connectivity index is 2.22. The maximum Gasteiger partial charge on any atom is 0.573 e. The lowest BCUT2D eigenvalue weighted by Gasteiger charge is -2.08. The summed E-state index contributed by atoms with van der Waals surface area (Å²) in [5, 5.41) is 10.3. The molecule has 0 spiro atoms. The van der Waals surface area contributed by atoms with E-state index in [1.807, 2.05) is 0 Å². The number of aromatic nitrogens is 4. The third-order valence-corrected chi connectivity index (χ3v) is 1.98. The van der Waals surface area contributed by atoms with Crippen molar-refractivity contribution < 1.29 is 17.9 Å². The fourth-order valence-electron chi connectivity index (χ4n) is 1.12. The Kier molecular flexibility index (Phi) is 2.88. The number of ether oxygens (including phenoxy) is 1. The van der Waals surface area contributed by atoms with Crippen LogP contribution in [0, 0.1) is 0 Å². The minimum Gasteiger partial charge on any atom is -0.406 e. The number of alkyl halides is 3. The highest BCUT2D eigenvalue weighted by Gasteiger charge is 2.30. The molecule has 0 atom stereocenters. The second-order valence-corrected chi connectivity index (χ2v) is 3.24. The summed E-state index contributed by atoms with van der Waals surface area (Å²) in [5.41, 5.74) is 0.425. The van der Waals surface area contributed by atoms with Crippen molar-refractivity contribution in [3.63, 3.8) is 0 Å². The molecule has 0 N–H and O–H groups in total. The first-order valence-corrected chi connectivity index (χ1v) is 4.63. The topological polar surface area (TPSA) is 52.8 Å². The Labute approximate surface area is 97.8 Å². The van der Waals surface area contributed by atoms with Crippen LogP contribution in [-0.4, -0.2) is 26.6 Å². The zero-order valence-corrected chi connectivity index (χ0v) is 8.77. The molecular formula is C8H4ClF3N4O. The lowest BCUT2D eigenvalue weighted by Crippen LogP contribution is -2.17. The minimum atomic E-state index is -4.71. The van der Waals surface area contributed by atoms with Crippen LogP contribution >= 0.6 is 11.6 Å². The Morgan fingerprint density at radius 2 is 1.82 bits per heavy atom. The molecule has 0 saturated heterocycles. The maximum absolute atomic E-state index is 11.9. The molecule has 0 amide bonds. The monoisotopic (exact) mass is 264 g/mol. The van der Waals surface area contributed by atoms with Gasteiger partial charge in [0, 0.05) is 0 Å². The van der Waals surface area contributed by atoms with Gasteiger partial charge in [-0.2, -0.15) is 4.68 Å². The van der Waals surface area contributed by atoms with E-state index in [0.29, 0.717) is 5.69 Å². The molecule has 1 aromatic heterocycles. The molecule has 2 aromatic rings. The molecule has 1 aromatic carbocycles. The lowest BCUT2D eigenvalue weighted by molar-refractivity contribution is -0.274. The molecule has 9 heteroatoms. The van der Waals surface area contributed by atoms with E-state index in [9.17, 15) is 13.2 Å². The van der Waals surface area contributed by atoms with Gasteiger partial charge in [-0.1, -0.05) is 5.10 Å². The number of hydrogen-bond acceptors (Lipinski definition) is 4. The van der Waals surface area contributed by atoms with Crippen molar-refractivity contribution in [2.24, 2.45) is 0 Å². The second kappa shape index (κ2) is 4.21. The summed E-state index contributed by atoms with van der Waals surface area (Å²) in [6.45, 7) is 0. The van der Waals surface area contributed by atoms with Gasteiger partial charge in [-0.05, 0) is 46.3 Å². The first kappa shape index (κ1) is 11.6. The molecule has 90 valence electrons. The average molecular weight is 265 g/mol. The van der Waals surface area contributed by atoms with Crippen molar-refractivity contribution in [2.45, 2.75) is 6.36 Å². The molecule has 2 rings (SSSR count). The first-order chi connectivity index (χ1) is 7.96. The molecule has 1 heterocycles. The fourth-order valence-corrected chi connectivity index (χ4v) is 1.29. The van der Waals surface area contributed by atoms with Crippen molar-refractivity contribution in [2.75, 3.05) is 0 Å². The van der Waals surface area contributed by atoms with Crippen LogP contribution in [0.2, 0.25) is 5.28 Å². The summed E-state index contributed by atoms with van der Waals surface area (Å²) in [5.74, 6) is -0.328. The van der Waals surface area contributed by atoms with Gasteiger partial charge < -0.3 is 4.74 Å². The third-order valence-electron chi connectivity index (χ3n) is 1.75. The Morgan fingerprint density at radius 3 is 2.29 bits per heavy atom. The SMILES string of the molecule is FC(F)(F)Oc1ccc(-n2nnnc2Cl)cc1. The van der Waals surface area contributed by atoms with Crippen LogP contribution in [0.15, 0.2) is 24.3 Å². The van der Waals surface area contributed by atoms with Crippen molar-refractivity contribution in [1.82, 2.24) is 20.2 Å². The van der Waals surface area contributed by atoms with Crippen molar-refractivity contribution in [1.29, 1.82) is 0 Å². The van der Waals surface area contributed by atoms with Gasteiger partial charge in [-0.25, -0.2) is 0 Å². The van der Waals surface area contributed by atoms with Gasteiger partial charge in [0.2, 0.25) is 5.28 Å². The quantitative estimate of drug-likeness (QED) is 0.834. The fraction of sp³-hybridized carbons (Fsp3) is 0.125. The van der Waals surface area contributed by atoms with Gasteiger partial charge >= 0.3 is 6.36 Å². The van der Waals surface area contributed by atoms with E-state index in [2.05, 4.69) is 20.3 Å². The number of benzene rings is 1. The maximum atomic E-state index is 11.9. The van der Waals surface area contributed by atoms with Crippen molar-refractivity contribution >= 4 is 11.6 Å². The highest BCUT2D eigenvalue weighted by atomic mass is 35.5. The van der Waals surface area contributed by atoms with Crippen LogP contribution < -0.4 is 4.74 Å². The predicted molar refractivity (Wildman–Crippen MR) is 50.8 cm³/mol. The third kappa shape index (κ3) is 2.84. The number of rotatable bonds is 2. The van der Waals surface area contributed by atoms with Gasteiger partial charge in [0.1, 0.15) is 5.75 Å². The van der Waals surface area contributed by atoms with Crippen LogP contribution in [0.4, 0.5) is 13.2 Å². The van der Waals surface area contributed by atoms with E-state index in [-0.39, 0.29) is 11.0 Å². The van der Waals surface area contributed by atoms with Crippen molar-refractivity contribution in [3.05, 3.63) is 29.5 Å². The summed E-state index contributed by atoms with van der Waals surface area (Å²) < 4.78 is 40.6. The van der Waals surface area contributed by atoms with Crippen LogP contribution in [0.1, 0.15) is 0 Å². The molecule has 0 aliphatic carbocycles. The molecule has 0 aliphatic heterocycles. The first-order valence-electron chi connectivity index (χ1n) is 4.26. The molecule has 0 unspecified atom stereocenters. The van der Waals surface area contributed by atoms with E-state index in [4.69, 9.17) is 11.6 Å². The molecule has 0 aliphatic rings. The largest absolute Gasteiger partial charge is 0.573 e. The Morgan fingerprint density at radius 1 is 1.18 bits per heavy atom. The standard InChI is InChI=1S/C8H4ClF3N4O/c9-7-13-14-15-16(7)5-1-3-6(4-2-5)17-8(10,11)12/h1-4H. The lowest BCUT2D eigenvalue weighted by atomic mass is 10.3. The summed E-state index contributed by atoms with van der Waals surface area (Å²) in [6.07, 6.45) is -4.71. The molecule has 0 radical (unpaired) electrons. The van der Waals surface area contributed by atoms with E-state index >= 15 is 0 Å². The molecule has 0 bridgehead atoms. The Hall–Kier alpha value is -1.83. The summed E-state index contributed by atoms with van der Waals surface area (Å²) in [4.78, 5) is 0. The number of tetrazole rings is 1. The zero-order chi connectivity index (χ0) is 12.5. The molecule has 5 nitrogen and oxygen atoms in total. The molecule has 0 fully saturated rings. The summed E-state index contributed by atoms with van der Waals surface area (Å²) >= 11 is 5.64. The van der Waals surface area contributed by atoms with Gasteiger partial charge in [0.15, 0.2) is 0 Å². The smallest absolute Gasteiger partial charge is 0.406 e. The summed E-state index contributed by atoms with van der Waals surface area (Å²) in [6, 6.07) is 4.98. The van der Waals surface area contributed by atoms with Crippen LogP contribution in [0.3, 0.4) is 0 Å². The van der Waals surface area contributed by atoms with Gasteiger partial charge in [-0.3, -0.25) is 0 Å². The Bertz CT molecular complexity index is 510. The van der Waals surface area contributed by atoms with Crippen LogP contribution in [-0.2, 0) is 0 Å². The van der Waals surface area contributed by atoms with E-state index in [1.54, 1.807) is 0 Å². The number of nitrogens with zero attached hydrogens (tertiary/aromatic N) is 4. The van der Waals surface area contributed by atoms with Crippen molar-refractivity contribution in [3.8, 4) is 11.4 Å². The summed E-state index contributed by atoms with van der Waals surface area (Å²) in [7, 11) is 0. The number of halogens is 4.